The van der Waals surface area contributed by atoms with Crippen molar-refractivity contribution in [1.29, 1.82) is 0 Å². The molecule has 21 heavy (non-hydrogen) atoms. The summed E-state index contributed by atoms with van der Waals surface area (Å²) in [6.45, 7) is 2.14. The van der Waals surface area contributed by atoms with E-state index in [0.717, 1.165) is 0 Å². The Kier molecular flexibility index (Phi) is 4.88. The highest BCUT2D eigenvalue weighted by molar-refractivity contribution is 6.31. The minimum atomic E-state index is -0.472. The van der Waals surface area contributed by atoms with Gasteiger partial charge in [0.05, 0.1) is 4.92 Å². The Balaban J connectivity index is 2.11. The second-order valence-corrected chi connectivity index (χ2v) is 5.06. The SMILES string of the molecule is C[C@@H](NCc1cc([N+](=O)[O-])ccc1Cl)c1ccccc1F. The molecule has 0 spiro atoms. The molecule has 0 heterocycles. The van der Waals surface area contributed by atoms with E-state index < -0.39 is 4.92 Å². The van der Waals surface area contributed by atoms with Crippen LogP contribution in [0.2, 0.25) is 5.02 Å². The largest absolute Gasteiger partial charge is 0.306 e. The summed E-state index contributed by atoms with van der Waals surface area (Å²) in [5, 5.41) is 14.3. The van der Waals surface area contributed by atoms with Gasteiger partial charge in [-0.05, 0) is 24.6 Å². The molecule has 2 aromatic carbocycles. The normalized spacial score (nSPS) is 12.1. The monoisotopic (exact) mass is 308 g/mol. The fourth-order valence-electron chi connectivity index (χ4n) is 2.01. The van der Waals surface area contributed by atoms with Gasteiger partial charge in [-0.25, -0.2) is 4.39 Å². The Labute approximate surface area is 126 Å². The van der Waals surface area contributed by atoms with Gasteiger partial charge in [0.1, 0.15) is 5.82 Å². The van der Waals surface area contributed by atoms with Crippen molar-refractivity contribution < 1.29 is 9.31 Å². The van der Waals surface area contributed by atoms with Crippen molar-refractivity contribution in [2.24, 2.45) is 0 Å². The van der Waals surface area contributed by atoms with Gasteiger partial charge < -0.3 is 5.32 Å². The fraction of sp³-hybridized carbons (Fsp3) is 0.200. The molecule has 0 unspecified atom stereocenters. The number of nitro benzene ring substituents is 1. The van der Waals surface area contributed by atoms with Gasteiger partial charge in [0.2, 0.25) is 0 Å². The van der Waals surface area contributed by atoms with Crippen LogP contribution in [0.15, 0.2) is 42.5 Å². The summed E-state index contributed by atoms with van der Waals surface area (Å²) >= 11 is 6.02. The molecular formula is C15H14ClFN2O2. The molecule has 110 valence electrons. The van der Waals surface area contributed by atoms with Gasteiger partial charge in [-0.15, -0.1) is 0 Å². The standard InChI is InChI=1S/C15H14ClFN2O2/c1-10(13-4-2-3-5-15(13)17)18-9-11-8-12(19(20)21)6-7-14(11)16/h2-8,10,18H,9H2,1H3/t10-/m1/s1. The smallest absolute Gasteiger partial charge is 0.269 e. The molecule has 2 aromatic rings. The second kappa shape index (κ2) is 6.65. The van der Waals surface area contributed by atoms with Crippen LogP contribution in [-0.2, 0) is 6.54 Å². The molecular weight excluding hydrogens is 295 g/mol. The van der Waals surface area contributed by atoms with E-state index in [1.54, 1.807) is 18.2 Å². The molecule has 0 amide bonds. The number of halogens is 2. The van der Waals surface area contributed by atoms with Crippen molar-refractivity contribution in [3.63, 3.8) is 0 Å². The van der Waals surface area contributed by atoms with Crippen LogP contribution in [-0.4, -0.2) is 4.92 Å². The number of nitrogens with one attached hydrogen (secondary N) is 1. The van der Waals surface area contributed by atoms with E-state index in [9.17, 15) is 14.5 Å². The maximum absolute atomic E-state index is 13.7. The van der Waals surface area contributed by atoms with Crippen LogP contribution < -0.4 is 5.32 Å². The summed E-state index contributed by atoms with van der Waals surface area (Å²) in [4.78, 5) is 10.3. The van der Waals surface area contributed by atoms with Crippen LogP contribution in [0.3, 0.4) is 0 Å². The molecule has 0 saturated carbocycles. The first-order valence-corrected chi connectivity index (χ1v) is 6.77. The molecule has 4 nitrogen and oxygen atoms in total. The fourth-order valence-corrected chi connectivity index (χ4v) is 2.19. The van der Waals surface area contributed by atoms with Crippen LogP contribution in [0.1, 0.15) is 24.1 Å². The third kappa shape index (κ3) is 3.77. The van der Waals surface area contributed by atoms with E-state index in [4.69, 9.17) is 11.6 Å². The number of nitrogens with zero attached hydrogens (tertiary/aromatic N) is 1. The van der Waals surface area contributed by atoms with Crippen molar-refractivity contribution >= 4 is 17.3 Å². The summed E-state index contributed by atoms with van der Waals surface area (Å²) in [5.41, 5.74) is 1.13. The maximum Gasteiger partial charge on any atom is 0.269 e. The first kappa shape index (κ1) is 15.4. The van der Waals surface area contributed by atoms with Gasteiger partial charge in [0.25, 0.3) is 5.69 Å². The molecule has 0 radical (unpaired) electrons. The molecule has 6 heteroatoms. The van der Waals surface area contributed by atoms with Crippen LogP contribution in [0.5, 0.6) is 0 Å². The minimum Gasteiger partial charge on any atom is -0.306 e. The lowest BCUT2D eigenvalue weighted by Crippen LogP contribution is -2.19. The summed E-state index contributed by atoms with van der Waals surface area (Å²) < 4.78 is 13.7. The average molecular weight is 309 g/mol. The van der Waals surface area contributed by atoms with Crippen LogP contribution >= 0.6 is 11.6 Å². The molecule has 0 aliphatic heterocycles. The van der Waals surface area contributed by atoms with Crippen LogP contribution in [0, 0.1) is 15.9 Å². The molecule has 0 fully saturated rings. The van der Waals surface area contributed by atoms with Gasteiger partial charge >= 0.3 is 0 Å². The van der Waals surface area contributed by atoms with Crippen molar-refractivity contribution in [3.05, 3.63) is 74.5 Å². The Morgan fingerprint density at radius 2 is 2.05 bits per heavy atom. The number of nitro groups is 1. The number of hydrogen-bond donors (Lipinski definition) is 1. The zero-order valence-electron chi connectivity index (χ0n) is 11.3. The summed E-state index contributed by atoms with van der Waals surface area (Å²) in [7, 11) is 0. The lowest BCUT2D eigenvalue weighted by Gasteiger charge is -2.15. The Morgan fingerprint density at radius 3 is 2.71 bits per heavy atom. The summed E-state index contributed by atoms with van der Waals surface area (Å²) in [6.07, 6.45) is 0. The quantitative estimate of drug-likeness (QED) is 0.664. The molecule has 0 aliphatic rings. The maximum atomic E-state index is 13.7. The Morgan fingerprint density at radius 1 is 1.33 bits per heavy atom. The number of benzene rings is 2. The van der Waals surface area contributed by atoms with Gasteiger partial charge in [0, 0.05) is 35.3 Å². The number of hydrogen-bond acceptors (Lipinski definition) is 3. The van der Waals surface area contributed by atoms with Crippen molar-refractivity contribution in [3.8, 4) is 0 Å². The first-order valence-electron chi connectivity index (χ1n) is 6.39. The molecule has 0 aromatic heterocycles. The zero-order chi connectivity index (χ0) is 15.4. The minimum absolute atomic E-state index is 0.0188. The lowest BCUT2D eigenvalue weighted by atomic mass is 10.1. The van der Waals surface area contributed by atoms with E-state index in [2.05, 4.69) is 5.32 Å². The summed E-state index contributed by atoms with van der Waals surface area (Å²) in [5.74, 6) is -0.289. The highest BCUT2D eigenvalue weighted by Gasteiger charge is 2.13. The molecule has 1 atom stereocenters. The molecule has 0 bridgehead atoms. The molecule has 0 aliphatic carbocycles. The van der Waals surface area contributed by atoms with E-state index in [1.165, 1.54) is 24.3 Å². The Bertz CT molecular complexity index is 664. The van der Waals surface area contributed by atoms with E-state index in [0.29, 0.717) is 22.7 Å². The van der Waals surface area contributed by atoms with Gasteiger partial charge in [-0.1, -0.05) is 29.8 Å². The third-order valence-corrected chi connectivity index (χ3v) is 3.58. The molecule has 1 N–H and O–H groups in total. The van der Waals surface area contributed by atoms with Gasteiger partial charge in [-0.2, -0.15) is 0 Å². The Hall–Kier alpha value is -1.98. The first-order chi connectivity index (χ1) is 9.99. The lowest BCUT2D eigenvalue weighted by molar-refractivity contribution is -0.384. The third-order valence-electron chi connectivity index (χ3n) is 3.21. The molecule has 2 rings (SSSR count). The average Bonchev–Trinajstić information content (AvgIpc) is 2.46. The highest BCUT2D eigenvalue weighted by Crippen LogP contribution is 2.23. The van der Waals surface area contributed by atoms with E-state index in [1.807, 2.05) is 6.92 Å². The predicted octanol–water partition coefficient (Wildman–Crippen LogP) is 4.24. The number of rotatable bonds is 5. The predicted molar refractivity (Wildman–Crippen MR) is 79.8 cm³/mol. The van der Waals surface area contributed by atoms with Crippen molar-refractivity contribution in [2.45, 2.75) is 19.5 Å². The van der Waals surface area contributed by atoms with Crippen LogP contribution in [0.4, 0.5) is 10.1 Å². The second-order valence-electron chi connectivity index (χ2n) is 4.66. The van der Waals surface area contributed by atoms with Gasteiger partial charge in [-0.3, -0.25) is 10.1 Å². The van der Waals surface area contributed by atoms with Gasteiger partial charge in [0.15, 0.2) is 0 Å². The van der Waals surface area contributed by atoms with Crippen LogP contribution in [0.25, 0.3) is 0 Å². The zero-order valence-corrected chi connectivity index (χ0v) is 12.1. The van der Waals surface area contributed by atoms with E-state index in [-0.39, 0.29) is 17.5 Å². The highest BCUT2D eigenvalue weighted by atomic mass is 35.5. The topological polar surface area (TPSA) is 55.2 Å². The summed E-state index contributed by atoms with van der Waals surface area (Å²) in [6, 6.07) is 10.5. The van der Waals surface area contributed by atoms with Crippen molar-refractivity contribution in [2.75, 3.05) is 0 Å². The number of non-ortho nitro benzene ring substituents is 1. The van der Waals surface area contributed by atoms with Crippen molar-refractivity contribution in [1.82, 2.24) is 5.32 Å². The van der Waals surface area contributed by atoms with E-state index >= 15 is 0 Å². The molecule has 0 saturated heterocycles.